The van der Waals surface area contributed by atoms with E-state index in [0.717, 1.165) is 11.3 Å². The van der Waals surface area contributed by atoms with Crippen molar-refractivity contribution in [3.63, 3.8) is 0 Å². The van der Waals surface area contributed by atoms with Gasteiger partial charge in [0.1, 0.15) is 0 Å². The third kappa shape index (κ3) is 1.60. The first kappa shape index (κ1) is 9.09. The molecule has 1 aromatic rings. The zero-order valence-corrected chi connectivity index (χ0v) is 9.12. The van der Waals surface area contributed by atoms with Gasteiger partial charge in [-0.05, 0) is 31.9 Å². The fourth-order valence-electron chi connectivity index (χ4n) is 0.576. The van der Waals surface area contributed by atoms with Crippen molar-refractivity contribution >= 4 is 55.8 Å². The minimum Gasteiger partial charge on any atom is -0.297 e. The molecule has 0 amide bonds. The van der Waals surface area contributed by atoms with Crippen LogP contribution in [0.5, 0.6) is 0 Å². The van der Waals surface area contributed by atoms with E-state index in [1.54, 1.807) is 0 Å². The first-order chi connectivity index (χ1) is 5.20. The Morgan fingerprint density at radius 3 is 1.55 bits per heavy atom. The lowest BCUT2D eigenvalue weighted by Gasteiger charge is -1.83. The summed E-state index contributed by atoms with van der Waals surface area (Å²) in [6, 6.07) is 0. The van der Waals surface area contributed by atoms with E-state index in [9.17, 15) is 9.59 Å². The van der Waals surface area contributed by atoms with Gasteiger partial charge in [-0.2, -0.15) is 0 Å². The van der Waals surface area contributed by atoms with Gasteiger partial charge in [-0.1, -0.05) is 0 Å². The number of hydrogen-bond acceptors (Lipinski definition) is 3. The monoisotopic (exact) mass is 296 g/mol. The Balaban J connectivity index is 3.33. The molecule has 58 valence electrons. The fraction of sp³-hybridized carbons (Fsp3) is 0. The maximum Gasteiger partial charge on any atom is 0.161 e. The fourth-order valence-corrected chi connectivity index (χ4v) is 2.65. The van der Waals surface area contributed by atoms with Crippen LogP contribution in [0.3, 0.4) is 0 Å². The van der Waals surface area contributed by atoms with Gasteiger partial charge < -0.3 is 0 Å². The standard InChI is InChI=1S/C6H2Br2O2S/c7-5-3(1-9)11-4(2-10)6(5)8/h1-2H. The largest absolute Gasteiger partial charge is 0.297 e. The van der Waals surface area contributed by atoms with Crippen molar-refractivity contribution < 1.29 is 9.59 Å². The predicted octanol–water partition coefficient (Wildman–Crippen LogP) is 2.90. The maximum absolute atomic E-state index is 10.4. The van der Waals surface area contributed by atoms with Gasteiger partial charge in [0.15, 0.2) is 12.6 Å². The highest BCUT2D eigenvalue weighted by atomic mass is 79.9. The highest BCUT2D eigenvalue weighted by molar-refractivity contribution is 9.13. The molecule has 1 rings (SSSR count). The summed E-state index contributed by atoms with van der Waals surface area (Å²) in [5.74, 6) is 0. The maximum atomic E-state index is 10.4. The second kappa shape index (κ2) is 3.60. The van der Waals surface area contributed by atoms with Crippen LogP contribution in [0, 0.1) is 0 Å². The summed E-state index contributed by atoms with van der Waals surface area (Å²) >= 11 is 7.51. The molecule has 0 aliphatic rings. The molecular weight excluding hydrogens is 296 g/mol. The molecule has 1 heterocycles. The summed E-state index contributed by atoms with van der Waals surface area (Å²) in [7, 11) is 0. The van der Waals surface area contributed by atoms with Crippen LogP contribution in [-0.2, 0) is 0 Å². The zero-order chi connectivity index (χ0) is 8.43. The predicted molar refractivity (Wildman–Crippen MR) is 50.5 cm³/mol. The van der Waals surface area contributed by atoms with E-state index in [-0.39, 0.29) is 0 Å². The Morgan fingerprint density at radius 1 is 1.00 bits per heavy atom. The molecule has 0 atom stereocenters. The number of rotatable bonds is 2. The van der Waals surface area contributed by atoms with Crippen molar-refractivity contribution in [3.05, 3.63) is 18.7 Å². The summed E-state index contributed by atoms with van der Waals surface area (Å²) in [5, 5.41) is 0. The van der Waals surface area contributed by atoms with Crippen LogP contribution >= 0.6 is 43.2 Å². The van der Waals surface area contributed by atoms with Gasteiger partial charge in [0, 0.05) is 0 Å². The molecule has 0 fully saturated rings. The first-order valence-electron chi connectivity index (χ1n) is 2.58. The lowest BCUT2D eigenvalue weighted by atomic mass is 10.4. The van der Waals surface area contributed by atoms with Crippen molar-refractivity contribution in [3.8, 4) is 0 Å². The van der Waals surface area contributed by atoms with Crippen molar-refractivity contribution in [2.75, 3.05) is 0 Å². The van der Waals surface area contributed by atoms with Gasteiger partial charge in [0.2, 0.25) is 0 Å². The molecule has 11 heavy (non-hydrogen) atoms. The molecule has 0 bridgehead atoms. The van der Waals surface area contributed by atoms with Crippen LogP contribution in [0.2, 0.25) is 0 Å². The van der Waals surface area contributed by atoms with E-state index in [1.807, 2.05) is 0 Å². The average molecular weight is 298 g/mol. The Hall–Kier alpha value is 0. The highest BCUT2D eigenvalue weighted by Gasteiger charge is 2.12. The molecule has 0 aliphatic carbocycles. The Bertz CT molecular complexity index is 277. The van der Waals surface area contributed by atoms with E-state index < -0.39 is 0 Å². The average Bonchev–Trinajstić information content (AvgIpc) is 2.30. The Labute approximate surface area is 83.9 Å². The summed E-state index contributed by atoms with van der Waals surface area (Å²) in [5.41, 5.74) is 0. The number of aldehydes is 2. The van der Waals surface area contributed by atoms with E-state index in [4.69, 9.17) is 0 Å². The Kier molecular flexibility index (Phi) is 2.98. The SMILES string of the molecule is O=Cc1sc(C=O)c(Br)c1Br. The molecule has 0 saturated heterocycles. The van der Waals surface area contributed by atoms with Gasteiger partial charge in [-0.25, -0.2) is 0 Å². The van der Waals surface area contributed by atoms with E-state index in [2.05, 4.69) is 31.9 Å². The second-order valence-electron chi connectivity index (χ2n) is 1.69. The number of hydrogen-bond donors (Lipinski definition) is 0. The molecule has 0 aromatic carbocycles. The van der Waals surface area contributed by atoms with Crippen LogP contribution in [0.15, 0.2) is 8.95 Å². The molecule has 0 saturated carbocycles. The van der Waals surface area contributed by atoms with Crippen molar-refractivity contribution in [2.24, 2.45) is 0 Å². The van der Waals surface area contributed by atoms with E-state index in [1.165, 1.54) is 0 Å². The molecule has 0 aliphatic heterocycles. The van der Waals surface area contributed by atoms with Gasteiger partial charge in [0.05, 0.1) is 18.7 Å². The number of thiophene rings is 1. The molecule has 0 spiro atoms. The third-order valence-electron chi connectivity index (χ3n) is 1.06. The normalized spacial score (nSPS) is 9.64. The number of carbonyl (C=O) groups is 2. The second-order valence-corrected chi connectivity index (χ2v) is 4.36. The summed E-state index contributed by atoms with van der Waals surface area (Å²) in [4.78, 5) is 21.8. The van der Waals surface area contributed by atoms with Gasteiger partial charge >= 0.3 is 0 Å². The molecule has 0 unspecified atom stereocenters. The zero-order valence-electron chi connectivity index (χ0n) is 5.14. The molecule has 0 N–H and O–H groups in total. The van der Waals surface area contributed by atoms with Crippen molar-refractivity contribution in [2.45, 2.75) is 0 Å². The minimum atomic E-state index is 0.527. The number of carbonyl (C=O) groups excluding carboxylic acids is 2. The van der Waals surface area contributed by atoms with Crippen LogP contribution in [0.25, 0.3) is 0 Å². The summed E-state index contributed by atoms with van der Waals surface area (Å²) < 4.78 is 1.30. The first-order valence-corrected chi connectivity index (χ1v) is 4.99. The van der Waals surface area contributed by atoms with Crippen LogP contribution in [-0.4, -0.2) is 12.6 Å². The highest BCUT2D eigenvalue weighted by Crippen LogP contribution is 2.35. The smallest absolute Gasteiger partial charge is 0.161 e. The Morgan fingerprint density at radius 2 is 1.36 bits per heavy atom. The van der Waals surface area contributed by atoms with E-state index in [0.29, 0.717) is 31.3 Å². The van der Waals surface area contributed by atoms with E-state index >= 15 is 0 Å². The quantitative estimate of drug-likeness (QED) is 0.787. The topological polar surface area (TPSA) is 34.1 Å². The molecule has 5 heteroatoms. The minimum absolute atomic E-state index is 0.527. The molecule has 2 nitrogen and oxygen atoms in total. The molecule has 1 aromatic heterocycles. The van der Waals surface area contributed by atoms with Gasteiger partial charge in [-0.15, -0.1) is 11.3 Å². The van der Waals surface area contributed by atoms with Crippen molar-refractivity contribution in [1.82, 2.24) is 0 Å². The van der Waals surface area contributed by atoms with Gasteiger partial charge in [-0.3, -0.25) is 9.59 Å². The van der Waals surface area contributed by atoms with Gasteiger partial charge in [0.25, 0.3) is 0 Å². The lowest BCUT2D eigenvalue weighted by Crippen LogP contribution is -1.70. The van der Waals surface area contributed by atoms with Crippen LogP contribution < -0.4 is 0 Å². The lowest BCUT2D eigenvalue weighted by molar-refractivity contribution is 0.111. The third-order valence-corrected chi connectivity index (χ3v) is 4.80. The summed E-state index contributed by atoms with van der Waals surface area (Å²) in [6.45, 7) is 0. The summed E-state index contributed by atoms with van der Waals surface area (Å²) in [6.07, 6.45) is 1.43. The van der Waals surface area contributed by atoms with Crippen LogP contribution in [0.4, 0.5) is 0 Å². The van der Waals surface area contributed by atoms with Crippen molar-refractivity contribution in [1.29, 1.82) is 0 Å². The van der Waals surface area contributed by atoms with Crippen LogP contribution in [0.1, 0.15) is 19.3 Å². The molecular formula is C6H2Br2O2S. The number of halogens is 2. The molecule has 0 radical (unpaired) electrons.